The van der Waals surface area contributed by atoms with Gasteiger partial charge in [-0.3, -0.25) is 0 Å². The fourth-order valence-electron chi connectivity index (χ4n) is 0.493. The Morgan fingerprint density at radius 3 is 2.12 bits per heavy atom. The molecule has 0 amide bonds. The van der Waals surface area contributed by atoms with Crippen LogP contribution in [0.4, 0.5) is 0 Å². The van der Waals surface area contributed by atoms with Gasteiger partial charge in [0, 0.05) is 0 Å². The van der Waals surface area contributed by atoms with E-state index in [2.05, 4.69) is 20.8 Å². The molecule has 0 aromatic carbocycles. The molecule has 2 atom stereocenters. The lowest BCUT2D eigenvalue weighted by Gasteiger charge is -2.12. The third-order valence-electron chi connectivity index (χ3n) is 1.04. The minimum atomic E-state index is 0.130. The van der Waals surface area contributed by atoms with E-state index in [0.29, 0.717) is 6.10 Å². The van der Waals surface area contributed by atoms with Gasteiger partial charge in [-0.1, -0.05) is 6.92 Å². The molecular weight excluding hydrogens is 100 g/mol. The summed E-state index contributed by atoms with van der Waals surface area (Å²) in [4.78, 5) is 0. The molecule has 0 N–H and O–H groups in total. The Labute approximate surface area is 52.0 Å². The fourth-order valence-corrected chi connectivity index (χ4v) is 0.493. The summed E-state index contributed by atoms with van der Waals surface area (Å²) in [5.74, 6) is 0. The molecule has 1 nitrogen and oxygen atoms in total. The van der Waals surface area contributed by atoms with E-state index in [-0.39, 0.29) is 6.10 Å². The molecule has 0 spiro atoms. The third-order valence-corrected chi connectivity index (χ3v) is 1.04. The van der Waals surface area contributed by atoms with Crippen LogP contribution in [-0.4, -0.2) is 12.2 Å². The van der Waals surface area contributed by atoms with Crippen LogP contribution in [0.5, 0.6) is 0 Å². The predicted molar refractivity (Wildman–Crippen MR) is 35.7 cm³/mol. The van der Waals surface area contributed by atoms with Crippen LogP contribution < -0.4 is 0 Å². The number of ether oxygens (including phenoxy) is 1. The van der Waals surface area contributed by atoms with E-state index in [9.17, 15) is 0 Å². The van der Waals surface area contributed by atoms with Gasteiger partial charge in [0.05, 0.1) is 12.2 Å². The van der Waals surface area contributed by atoms with Crippen molar-refractivity contribution in [1.29, 1.82) is 0 Å². The van der Waals surface area contributed by atoms with Gasteiger partial charge in [-0.2, -0.15) is 0 Å². The van der Waals surface area contributed by atoms with Crippen molar-refractivity contribution in [2.24, 2.45) is 0 Å². The zero-order valence-corrected chi connectivity index (χ0v) is 5.98. The van der Waals surface area contributed by atoms with Gasteiger partial charge in [-0.15, -0.1) is 0 Å². The number of rotatable bonds is 3. The predicted octanol–water partition coefficient (Wildman–Crippen LogP) is 2.02. The fraction of sp³-hybridized carbons (Fsp3) is 0.857. The molecule has 1 radical (unpaired) electrons. The third kappa shape index (κ3) is 4.13. The Kier molecular flexibility index (Phi) is 3.88. The van der Waals surface area contributed by atoms with Crippen LogP contribution in [0.2, 0.25) is 0 Å². The standard InChI is InChI=1S/C7H15O/c1-5-7(4)8-6(2)3/h6-7H,2,5H2,1,3-4H3. The summed E-state index contributed by atoms with van der Waals surface area (Å²) >= 11 is 0. The van der Waals surface area contributed by atoms with Gasteiger partial charge in [0.25, 0.3) is 0 Å². The lowest BCUT2D eigenvalue weighted by atomic mass is 10.3. The maximum Gasteiger partial charge on any atom is 0.0551 e. The molecule has 0 saturated heterocycles. The first kappa shape index (κ1) is 7.96. The summed E-state index contributed by atoms with van der Waals surface area (Å²) < 4.78 is 5.29. The molecule has 0 fully saturated rings. The van der Waals surface area contributed by atoms with Gasteiger partial charge >= 0.3 is 0 Å². The summed E-state index contributed by atoms with van der Waals surface area (Å²) in [6, 6.07) is 0. The van der Waals surface area contributed by atoms with E-state index >= 15 is 0 Å². The molecule has 49 valence electrons. The van der Waals surface area contributed by atoms with Crippen LogP contribution in [0.3, 0.4) is 0 Å². The summed E-state index contributed by atoms with van der Waals surface area (Å²) in [6.07, 6.45) is 1.56. The van der Waals surface area contributed by atoms with Crippen LogP contribution in [0, 0.1) is 6.92 Å². The zero-order chi connectivity index (χ0) is 6.57. The van der Waals surface area contributed by atoms with Gasteiger partial charge in [0.1, 0.15) is 0 Å². The van der Waals surface area contributed by atoms with E-state index in [1.807, 2.05) is 6.92 Å². The molecule has 1 heteroatoms. The van der Waals surface area contributed by atoms with Crippen LogP contribution >= 0.6 is 0 Å². The highest BCUT2D eigenvalue weighted by atomic mass is 16.5. The largest absolute Gasteiger partial charge is 0.376 e. The normalized spacial score (nSPS) is 14.6. The van der Waals surface area contributed by atoms with E-state index < -0.39 is 0 Å². The molecule has 0 saturated carbocycles. The van der Waals surface area contributed by atoms with Crippen LogP contribution in [0.15, 0.2) is 0 Å². The number of hydrogen-bond acceptors (Lipinski definition) is 1. The van der Waals surface area contributed by atoms with Gasteiger partial charge in [0.2, 0.25) is 0 Å². The Bertz CT molecular complexity index is 50.3. The van der Waals surface area contributed by atoms with Crippen LogP contribution in [0.25, 0.3) is 0 Å². The average molecular weight is 115 g/mol. The molecule has 0 aliphatic rings. The first-order valence-corrected chi connectivity index (χ1v) is 3.15. The summed E-state index contributed by atoms with van der Waals surface area (Å²) in [6.45, 7) is 9.82. The molecular formula is C7H15O. The molecule has 0 aliphatic heterocycles. The van der Waals surface area contributed by atoms with Crippen molar-refractivity contribution in [3.63, 3.8) is 0 Å². The van der Waals surface area contributed by atoms with Crippen LogP contribution in [-0.2, 0) is 4.74 Å². The van der Waals surface area contributed by atoms with E-state index in [0.717, 1.165) is 6.42 Å². The van der Waals surface area contributed by atoms with Crippen molar-refractivity contribution < 1.29 is 4.74 Å². The maximum atomic E-state index is 5.29. The summed E-state index contributed by atoms with van der Waals surface area (Å²) in [7, 11) is 0. The minimum absolute atomic E-state index is 0.130. The second-order valence-electron chi connectivity index (χ2n) is 2.17. The molecule has 0 bridgehead atoms. The topological polar surface area (TPSA) is 9.23 Å². The van der Waals surface area contributed by atoms with Crippen molar-refractivity contribution in [1.82, 2.24) is 0 Å². The molecule has 0 rings (SSSR count). The molecule has 0 heterocycles. The Morgan fingerprint density at radius 2 is 2.00 bits per heavy atom. The Balaban J connectivity index is 3.10. The summed E-state index contributed by atoms with van der Waals surface area (Å²) in [5, 5.41) is 0. The molecule has 2 unspecified atom stereocenters. The van der Waals surface area contributed by atoms with E-state index in [1.54, 1.807) is 0 Å². The second-order valence-corrected chi connectivity index (χ2v) is 2.17. The van der Waals surface area contributed by atoms with Crippen LogP contribution in [0.1, 0.15) is 27.2 Å². The lowest BCUT2D eigenvalue weighted by Crippen LogP contribution is -2.12. The highest BCUT2D eigenvalue weighted by Crippen LogP contribution is 1.99. The first-order chi connectivity index (χ1) is 3.66. The Hall–Kier alpha value is -0.0400. The smallest absolute Gasteiger partial charge is 0.0551 e. The quantitative estimate of drug-likeness (QED) is 0.546. The molecule has 8 heavy (non-hydrogen) atoms. The van der Waals surface area contributed by atoms with Crippen molar-refractivity contribution >= 4 is 0 Å². The average Bonchev–Trinajstić information content (AvgIpc) is 1.65. The highest BCUT2D eigenvalue weighted by Gasteiger charge is 1.99. The first-order valence-electron chi connectivity index (χ1n) is 3.15. The van der Waals surface area contributed by atoms with Crippen molar-refractivity contribution in [2.45, 2.75) is 39.4 Å². The lowest BCUT2D eigenvalue weighted by molar-refractivity contribution is 0.0309. The highest BCUT2D eigenvalue weighted by molar-refractivity contribution is 4.53. The van der Waals surface area contributed by atoms with Gasteiger partial charge < -0.3 is 4.74 Å². The summed E-state index contributed by atoms with van der Waals surface area (Å²) in [5.41, 5.74) is 0. The molecule has 0 aromatic rings. The van der Waals surface area contributed by atoms with Gasteiger partial charge in [-0.25, -0.2) is 0 Å². The van der Waals surface area contributed by atoms with Crippen molar-refractivity contribution in [3.05, 3.63) is 6.92 Å². The van der Waals surface area contributed by atoms with E-state index in [1.165, 1.54) is 0 Å². The monoisotopic (exact) mass is 115 g/mol. The van der Waals surface area contributed by atoms with Gasteiger partial charge in [-0.05, 0) is 27.2 Å². The maximum absolute atomic E-state index is 5.29. The zero-order valence-electron chi connectivity index (χ0n) is 5.98. The SMILES string of the molecule is [CH2]C(C)OC(C)CC. The van der Waals surface area contributed by atoms with Crippen molar-refractivity contribution in [3.8, 4) is 0 Å². The second kappa shape index (κ2) is 3.90. The van der Waals surface area contributed by atoms with Gasteiger partial charge in [0.15, 0.2) is 0 Å². The van der Waals surface area contributed by atoms with E-state index in [4.69, 9.17) is 4.74 Å². The molecule has 0 aliphatic carbocycles. The molecule has 0 aromatic heterocycles. The number of hydrogen-bond donors (Lipinski definition) is 0. The Morgan fingerprint density at radius 1 is 1.50 bits per heavy atom. The van der Waals surface area contributed by atoms with Crippen molar-refractivity contribution in [2.75, 3.05) is 0 Å². The minimum Gasteiger partial charge on any atom is -0.376 e.